The summed E-state index contributed by atoms with van der Waals surface area (Å²) in [6.45, 7) is 6.44. The van der Waals surface area contributed by atoms with Crippen LogP contribution in [0.1, 0.15) is 29.8 Å². The van der Waals surface area contributed by atoms with Gasteiger partial charge in [0.1, 0.15) is 11.8 Å². The van der Waals surface area contributed by atoms with Crippen molar-refractivity contribution in [2.45, 2.75) is 26.3 Å². The van der Waals surface area contributed by atoms with E-state index in [4.69, 9.17) is 5.26 Å². The maximum atomic E-state index is 9.02. The minimum absolute atomic E-state index is 0.742. The predicted octanol–water partition coefficient (Wildman–Crippen LogP) is 1.64. The van der Waals surface area contributed by atoms with Gasteiger partial charge in [-0.25, -0.2) is 0 Å². The molecule has 0 amide bonds. The summed E-state index contributed by atoms with van der Waals surface area (Å²) < 4.78 is 1.96. The molecule has 1 aliphatic rings. The lowest BCUT2D eigenvalue weighted by atomic mass is 9.98. The predicted molar refractivity (Wildman–Crippen MR) is 76.8 cm³/mol. The number of nitrogens with zero attached hydrogens (tertiary/aromatic N) is 3. The zero-order chi connectivity index (χ0) is 13.8. The fourth-order valence-electron chi connectivity index (χ4n) is 2.90. The van der Waals surface area contributed by atoms with Crippen molar-refractivity contribution >= 4 is 0 Å². The molecule has 0 radical (unpaired) electrons. The van der Waals surface area contributed by atoms with E-state index >= 15 is 0 Å². The van der Waals surface area contributed by atoms with Crippen LogP contribution in [0.25, 0.3) is 0 Å². The number of piperidine rings is 1. The third-order valence-electron chi connectivity index (χ3n) is 4.23. The van der Waals surface area contributed by atoms with Crippen molar-refractivity contribution in [2.75, 3.05) is 26.7 Å². The maximum Gasteiger partial charge on any atom is 0.120 e. The van der Waals surface area contributed by atoms with Gasteiger partial charge in [-0.05, 0) is 57.5 Å². The molecule has 0 saturated carbocycles. The number of hydrogen-bond acceptors (Lipinski definition) is 3. The largest absolute Gasteiger partial charge is 0.340 e. The summed E-state index contributed by atoms with van der Waals surface area (Å²) in [6, 6.07) is 4.23. The molecule has 104 valence electrons. The molecule has 1 unspecified atom stereocenters. The highest BCUT2D eigenvalue weighted by atomic mass is 15.1. The van der Waals surface area contributed by atoms with Crippen LogP contribution in [0.3, 0.4) is 0 Å². The molecule has 4 heteroatoms. The van der Waals surface area contributed by atoms with Gasteiger partial charge < -0.3 is 14.8 Å². The molecule has 1 atom stereocenters. The van der Waals surface area contributed by atoms with Gasteiger partial charge in [-0.1, -0.05) is 0 Å². The molecule has 19 heavy (non-hydrogen) atoms. The Morgan fingerprint density at radius 1 is 1.47 bits per heavy atom. The van der Waals surface area contributed by atoms with Gasteiger partial charge >= 0.3 is 0 Å². The van der Waals surface area contributed by atoms with Crippen molar-refractivity contribution in [3.05, 3.63) is 23.0 Å². The third-order valence-corrected chi connectivity index (χ3v) is 4.23. The first-order valence-electron chi connectivity index (χ1n) is 7.06. The number of nitriles is 1. The van der Waals surface area contributed by atoms with E-state index in [1.807, 2.05) is 17.7 Å². The topological polar surface area (TPSA) is 44.0 Å². The summed E-state index contributed by atoms with van der Waals surface area (Å²) in [5.41, 5.74) is 3.17. The molecule has 0 aromatic carbocycles. The van der Waals surface area contributed by atoms with Crippen molar-refractivity contribution < 1.29 is 0 Å². The Labute approximate surface area is 116 Å². The van der Waals surface area contributed by atoms with Crippen LogP contribution in [0.2, 0.25) is 0 Å². The number of hydrogen-bond donors (Lipinski definition) is 1. The van der Waals surface area contributed by atoms with Gasteiger partial charge in [0.2, 0.25) is 0 Å². The Hall–Kier alpha value is -1.31. The van der Waals surface area contributed by atoms with Crippen LogP contribution in [-0.4, -0.2) is 36.1 Å². The van der Waals surface area contributed by atoms with E-state index in [2.05, 4.69) is 30.3 Å². The van der Waals surface area contributed by atoms with E-state index in [9.17, 15) is 0 Å². The van der Waals surface area contributed by atoms with Crippen LogP contribution in [-0.2, 0) is 13.6 Å². The Morgan fingerprint density at radius 3 is 2.89 bits per heavy atom. The second-order valence-corrected chi connectivity index (χ2v) is 5.71. The Kier molecular flexibility index (Phi) is 4.62. The van der Waals surface area contributed by atoms with Crippen LogP contribution in [0.4, 0.5) is 0 Å². The maximum absolute atomic E-state index is 9.02. The summed E-state index contributed by atoms with van der Waals surface area (Å²) in [5.74, 6) is 0.762. The molecule has 1 aromatic heterocycles. The number of aromatic nitrogens is 1. The molecule has 1 fully saturated rings. The molecular formula is C15H24N4. The van der Waals surface area contributed by atoms with Crippen molar-refractivity contribution in [2.24, 2.45) is 13.0 Å². The lowest BCUT2D eigenvalue weighted by Crippen LogP contribution is -2.37. The van der Waals surface area contributed by atoms with Gasteiger partial charge in [0.05, 0.1) is 0 Å². The molecule has 0 spiro atoms. The van der Waals surface area contributed by atoms with Crippen LogP contribution < -0.4 is 5.32 Å². The van der Waals surface area contributed by atoms with Crippen LogP contribution in [0, 0.1) is 24.2 Å². The van der Waals surface area contributed by atoms with E-state index in [-0.39, 0.29) is 0 Å². The summed E-state index contributed by atoms with van der Waals surface area (Å²) >= 11 is 0. The first kappa shape index (κ1) is 14.1. The molecule has 0 bridgehead atoms. The fraction of sp³-hybridized carbons (Fsp3) is 0.667. The van der Waals surface area contributed by atoms with Gasteiger partial charge in [0.15, 0.2) is 0 Å². The van der Waals surface area contributed by atoms with Crippen LogP contribution >= 0.6 is 0 Å². The third kappa shape index (κ3) is 3.37. The zero-order valence-corrected chi connectivity index (χ0v) is 12.2. The van der Waals surface area contributed by atoms with Crippen LogP contribution in [0.15, 0.2) is 6.07 Å². The van der Waals surface area contributed by atoms with Gasteiger partial charge in [0.25, 0.3) is 0 Å². The average Bonchev–Trinajstić information content (AvgIpc) is 2.67. The number of rotatable bonds is 4. The van der Waals surface area contributed by atoms with Gasteiger partial charge in [-0.3, -0.25) is 0 Å². The second kappa shape index (κ2) is 6.23. The average molecular weight is 260 g/mol. The molecule has 1 N–H and O–H groups in total. The first-order chi connectivity index (χ1) is 9.11. The quantitative estimate of drug-likeness (QED) is 0.895. The summed E-state index contributed by atoms with van der Waals surface area (Å²) in [4.78, 5) is 2.41. The molecule has 1 saturated heterocycles. The highest BCUT2D eigenvalue weighted by molar-refractivity contribution is 5.33. The fourth-order valence-corrected chi connectivity index (χ4v) is 2.90. The Bertz CT molecular complexity index is 469. The van der Waals surface area contributed by atoms with Gasteiger partial charge in [-0.15, -0.1) is 0 Å². The SMILES string of the molecule is Cc1c(CNCC2CCCN(C)C2)cc(C#N)n1C. The standard InChI is InChI=1S/C15H24N4/c1-12-14(7-15(8-16)19(12)3)10-17-9-13-5-4-6-18(2)11-13/h7,13,17H,4-6,9-11H2,1-3H3. The van der Waals surface area contributed by atoms with Gasteiger partial charge in [0, 0.05) is 25.8 Å². The minimum atomic E-state index is 0.742. The summed E-state index contributed by atoms with van der Waals surface area (Å²) in [6.07, 6.45) is 2.64. The lowest BCUT2D eigenvalue weighted by Gasteiger charge is -2.29. The molecule has 2 heterocycles. The summed E-state index contributed by atoms with van der Waals surface area (Å²) in [5, 5.41) is 12.6. The Morgan fingerprint density at radius 2 is 2.26 bits per heavy atom. The molecule has 2 rings (SSSR count). The molecule has 1 aliphatic heterocycles. The van der Waals surface area contributed by atoms with Crippen molar-refractivity contribution in [1.82, 2.24) is 14.8 Å². The van der Waals surface area contributed by atoms with E-state index < -0.39 is 0 Å². The Balaban J connectivity index is 1.84. The van der Waals surface area contributed by atoms with E-state index in [1.54, 1.807) is 0 Å². The molecule has 1 aromatic rings. The van der Waals surface area contributed by atoms with Crippen LogP contribution in [0.5, 0.6) is 0 Å². The monoisotopic (exact) mass is 260 g/mol. The van der Waals surface area contributed by atoms with E-state index in [1.165, 1.54) is 37.2 Å². The normalized spacial score (nSPS) is 20.4. The van der Waals surface area contributed by atoms with Gasteiger partial charge in [-0.2, -0.15) is 5.26 Å². The molecular weight excluding hydrogens is 236 g/mol. The van der Waals surface area contributed by atoms with Crippen molar-refractivity contribution in [1.29, 1.82) is 5.26 Å². The second-order valence-electron chi connectivity index (χ2n) is 5.71. The summed E-state index contributed by atoms with van der Waals surface area (Å²) in [7, 11) is 4.15. The van der Waals surface area contributed by atoms with E-state index in [0.29, 0.717) is 0 Å². The molecule has 0 aliphatic carbocycles. The zero-order valence-electron chi connectivity index (χ0n) is 12.2. The van der Waals surface area contributed by atoms with Crippen molar-refractivity contribution in [3.63, 3.8) is 0 Å². The number of nitrogens with one attached hydrogen (secondary N) is 1. The highest BCUT2D eigenvalue weighted by Gasteiger charge is 2.16. The minimum Gasteiger partial charge on any atom is -0.340 e. The first-order valence-corrected chi connectivity index (χ1v) is 7.06. The number of likely N-dealkylation sites (tertiary alicyclic amines) is 1. The van der Waals surface area contributed by atoms with Crippen molar-refractivity contribution in [3.8, 4) is 6.07 Å². The lowest BCUT2D eigenvalue weighted by molar-refractivity contribution is 0.206. The molecule has 4 nitrogen and oxygen atoms in total. The van der Waals surface area contributed by atoms with E-state index in [0.717, 1.165) is 24.7 Å². The highest BCUT2D eigenvalue weighted by Crippen LogP contribution is 2.16. The smallest absolute Gasteiger partial charge is 0.120 e.